The van der Waals surface area contributed by atoms with Gasteiger partial charge in [0, 0.05) is 30.6 Å². The van der Waals surface area contributed by atoms with Crippen LogP contribution in [-0.4, -0.2) is 22.9 Å². The third-order valence-corrected chi connectivity index (χ3v) is 3.08. The summed E-state index contributed by atoms with van der Waals surface area (Å²) in [6.07, 6.45) is 1.60. The number of nitrogens with one attached hydrogen (secondary N) is 2. The normalized spacial score (nSPS) is 13.3. The second kappa shape index (κ2) is 6.18. The summed E-state index contributed by atoms with van der Waals surface area (Å²) in [4.78, 5) is 33.2. The molecule has 0 radical (unpaired) electrons. The number of aliphatic carboxylic acids is 1. The summed E-state index contributed by atoms with van der Waals surface area (Å²) in [6, 6.07) is 5.32. The molecule has 0 unspecified atom stereocenters. The van der Waals surface area contributed by atoms with Gasteiger partial charge in [-0.05, 0) is 36.6 Å². The van der Waals surface area contributed by atoms with Crippen molar-refractivity contribution in [2.45, 2.75) is 32.1 Å². The van der Waals surface area contributed by atoms with E-state index < -0.39 is 5.97 Å². The van der Waals surface area contributed by atoms with Gasteiger partial charge in [-0.25, -0.2) is 0 Å². The van der Waals surface area contributed by atoms with E-state index in [0.29, 0.717) is 24.9 Å². The molecule has 0 saturated carbocycles. The van der Waals surface area contributed by atoms with E-state index in [2.05, 4.69) is 10.6 Å². The van der Waals surface area contributed by atoms with Crippen molar-refractivity contribution in [2.75, 3.05) is 10.6 Å². The predicted octanol–water partition coefficient (Wildman–Crippen LogP) is 1.76. The molecule has 1 aliphatic rings. The van der Waals surface area contributed by atoms with E-state index in [9.17, 15) is 14.4 Å². The highest BCUT2D eigenvalue weighted by Gasteiger charge is 2.15. The minimum absolute atomic E-state index is 0.00274. The minimum Gasteiger partial charge on any atom is -0.481 e. The van der Waals surface area contributed by atoms with Crippen LogP contribution in [-0.2, 0) is 20.8 Å². The Morgan fingerprint density at radius 3 is 2.80 bits per heavy atom. The Labute approximate surface area is 116 Å². The molecule has 0 bridgehead atoms. The Morgan fingerprint density at radius 1 is 1.25 bits per heavy atom. The van der Waals surface area contributed by atoms with Gasteiger partial charge in [0.15, 0.2) is 0 Å². The van der Waals surface area contributed by atoms with E-state index in [-0.39, 0.29) is 24.7 Å². The first kappa shape index (κ1) is 14.0. The van der Waals surface area contributed by atoms with Crippen molar-refractivity contribution in [3.8, 4) is 0 Å². The molecule has 6 nitrogen and oxygen atoms in total. The lowest BCUT2D eigenvalue weighted by Gasteiger charge is -2.17. The van der Waals surface area contributed by atoms with Crippen LogP contribution >= 0.6 is 0 Å². The molecule has 0 spiro atoms. The molecule has 1 aromatic rings. The second-order valence-electron chi connectivity index (χ2n) is 4.72. The Balaban J connectivity index is 1.92. The lowest BCUT2D eigenvalue weighted by Crippen LogP contribution is -2.19. The summed E-state index contributed by atoms with van der Waals surface area (Å²) in [6.45, 7) is 0. The first-order valence-corrected chi connectivity index (χ1v) is 6.49. The van der Waals surface area contributed by atoms with Gasteiger partial charge in [-0.1, -0.05) is 0 Å². The van der Waals surface area contributed by atoms with Gasteiger partial charge in [0.2, 0.25) is 11.8 Å². The molecule has 0 saturated heterocycles. The molecular weight excluding hydrogens is 260 g/mol. The first-order chi connectivity index (χ1) is 9.54. The van der Waals surface area contributed by atoms with Gasteiger partial charge in [-0.2, -0.15) is 0 Å². The number of carboxylic acids is 1. The van der Waals surface area contributed by atoms with Gasteiger partial charge in [0.05, 0.1) is 0 Å². The SMILES string of the molecule is O=C(O)CCCC(=O)Nc1ccc2c(c1)CCC(=O)N2. The highest BCUT2D eigenvalue weighted by atomic mass is 16.4. The first-order valence-electron chi connectivity index (χ1n) is 6.49. The zero-order chi connectivity index (χ0) is 14.5. The number of amides is 2. The third kappa shape index (κ3) is 3.81. The second-order valence-corrected chi connectivity index (χ2v) is 4.72. The lowest BCUT2D eigenvalue weighted by molar-refractivity contribution is -0.137. The molecule has 106 valence electrons. The van der Waals surface area contributed by atoms with Gasteiger partial charge >= 0.3 is 5.97 Å². The van der Waals surface area contributed by atoms with Crippen LogP contribution in [0.1, 0.15) is 31.2 Å². The Hall–Kier alpha value is -2.37. The lowest BCUT2D eigenvalue weighted by atomic mass is 10.0. The number of rotatable bonds is 5. The van der Waals surface area contributed by atoms with E-state index in [1.165, 1.54) is 0 Å². The Morgan fingerprint density at radius 2 is 2.05 bits per heavy atom. The maximum atomic E-state index is 11.6. The van der Waals surface area contributed by atoms with Crippen molar-refractivity contribution in [3.63, 3.8) is 0 Å². The fourth-order valence-electron chi connectivity index (χ4n) is 2.08. The fourth-order valence-corrected chi connectivity index (χ4v) is 2.08. The van der Waals surface area contributed by atoms with Crippen LogP contribution in [0.15, 0.2) is 18.2 Å². The molecule has 0 aromatic heterocycles. The monoisotopic (exact) mass is 276 g/mol. The minimum atomic E-state index is -0.901. The quantitative estimate of drug-likeness (QED) is 0.763. The van der Waals surface area contributed by atoms with Gasteiger partial charge in [0.25, 0.3) is 0 Å². The van der Waals surface area contributed by atoms with Crippen LogP contribution in [0.2, 0.25) is 0 Å². The molecular formula is C14H16N2O4. The largest absolute Gasteiger partial charge is 0.481 e. The number of carbonyl (C=O) groups excluding carboxylic acids is 2. The van der Waals surface area contributed by atoms with Crippen molar-refractivity contribution in [1.82, 2.24) is 0 Å². The summed E-state index contributed by atoms with van der Waals surface area (Å²) in [5.41, 5.74) is 2.44. The molecule has 6 heteroatoms. The van der Waals surface area contributed by atoms with Crippen molar-refractivity contribution >= 4 is 29.2 Å². The number of anilines is 2. The van der Waals surface area contributed by atoms with E-state index in [4.69, 9.17) is 5.11 Å². The van der Waals surface area contributed by atoms with Crippen LogP contribution in [0.5, 0.6) is 0 Å². The van der Waals surface area contributed by atoms with Crippen molar-refractivity contribution in [3.05, 3.63) is 23.8 Å². The standard InChI is InChI=1S/C14H16N2O4/c17-12(2-1-3-14(19)20)15-10-5-6-11-9(8-10)4-7-13(18)16-11/h5-6,8H,1-4,7H2,(H,15,17)(H,16,18)(H,19,20). The van der Waals surface area contributed by atoms with E-state index in [1.807, 2.05) is 6.07 Å². The molecule has 0 aliphatic carbocycles. The van der Waals surface area contributed by atoms with Crippen molar-refractivity contribution in [2.24, 2.45) is 0 Å². The molecule has 1 aromatic carbocycles. The van der Waals surface area contributed by atoms with Gasteiger partial charge in [0.1, 0.15) is 0 Å². The maximum absolute atomic E-state index is 11.6. The number of benzene rings is 1. The average molecular weight is 276 g/mol. The fraction of sp³-hybridized carbons (Fsp3) is 0.357. The van der Waals surface area contributed by atoms with Crippen LogP contribution < -0.4 is 10.6 Å². The molecule has 1 heterocycles. The van der Waals surface area contributed by atoms with E-state index in [1.54, 1.807) is 12.1 Å². The molecule has 3 N–H and O–H groups in total. The number of carbonyl (C=O) groups is 3. The molecule has 2 amide bonds. The molecule has 0 atom stereocenters. The van der Waals surface area contributed by atoms with Crippen LogP contribution in [0.4, 0.5) is 11.4 Å². The highest BCUT2D eigenvalue weighted by molar-refractivity contribution is 5.95. The Bertz CT molecular complexity index is 554. The number of fused-ring (bicyclic) bond motifs is 1. The number of aryl methyl sites for hydroxylation is 1. The molecule has 0 fully saturated rings. The van der Waals surface area contributed by atoms with E-state index >= 15 is 0 Å². The van der Waals surface area contributed by atoms with Crippen molar-refractivity contribution < 1.29 is 19.5 Å². The van der Waals surface area contributed by atoms with Gasteiger partial charge < -0.3 is 15.7 Å². The summed E-state index contributed by atoms with van der Waals surface area (Å²) in [5, 5.41) is 14.0. The topological polar surface area (TPSA) is 95.5 Å². The molecule has 20 heavy (non-hydrogen) atoms. The number of hydrogen-bond donors (Lipinski definition) is 3. The highest BCUT2D eigenvalue weighted by Crippen LogP contribution is 2.25. The average Bonchev–Trinajstić information content (AvgIpc) is 2.38. The third-order valence-electron chi connectivity index (χ3n) is 3.08. The maximum Gasteiger partial charge on any atom is 0.303 e. The summed E-state index contributed by atoms with van der Waals surface area (Å²) in [5.74, 6) is -1.10. The van der Waals surface area contributed by atoms with Gasteiger partial charge in [-0.3, -0.25) is 14.4 Å². The van der Waals surface area contributed by atoms with Crippen LogP contribution in [0.3, 0.4) is 0 Å². The zero-order valence-corrected chi connectivity index (χ0v) is 10.9. The predicted molar refractivity (Wildman–Crippen MR) is 73.5 cm³/mol. The smallest absolute Gasteiger partial charge is 0.303 e. The summed E-state index contributed by atoms with van der Waals surface area (Å²) in [7, 11) is 0. The molecule has 2 rings (SSSR count). The van der Waals surface area contributed by atoms with Gasteiger partial charge in [-0.15, -0.1) is 0 Å². The van der Waals surface area contributed by atoms with E-state index in [0.717, 1.165) is 11.3 Å². The van der Waals surface area contributed by atoms with Crippen molar-refractivity contribution in [1.29, 1.82) is 0 Å². The molecule has 1 aliphatic heterocycles. The Kier molecular flexibility index (Phi) is 4.34. The summed E-state index contributed by atoms with van der Waals surface area (Å²) < 4.78 is 0. The van der Waals surface area contributed by atoms with Crippen LogP contribution in [0, 0.1) is 0 Å². The summed E-state index contributed by atoms with van der Waals surface area (Å²) >= 11 is 0. The number of carboxylic acid groups (broad SMARTS) is 1. The number of hydrogen-bond acceptors (Lipinski definition) is 3. The van der Waals surface area contributed by atoms with Crippen LogP contribution in [0.25, 0.3) is 0 Å². The zero-order valence-electron chi connectivity index (χ0n) is 10.9.